The topological polar surface area (TPSA) is 55.8 Å². The number of aryl methyl sites for hydroxylation is 2. The fourth-order valence-electron chi connectivity index (χ4n) is 3.00. The molecule has 0 aromatic heterocycles. The van der Waals surface area contributed by atoms with Gasteiger partial charge in [0, 0.05) is 18.7 Å². The summed E-state index contributed by atoms with van der Waals surface area (Å²) < 4.78 is 10.7. The van der Waals surface area contributed by atoms with E-state index in [0.717, 1.165) is 37.1 Å². The smallest absolute Gasteiger partial charge is 0.344 e. The Labute approximate surface area is 159 Å². The summed E-state index contributed by atoms with van der Waals surface area (Å²) in [6.07, 6.45) is 2.15. The van der Waals surface area contributed by atoms with Crippen LogP contribution in [0, 0.1) is 13.8 Å². The van der Waals surface area contributed by atoms with Crippen molar-refractivity contribution in [3.63, 3.8) is 0 Å². The molecule has 0 unspecified atom stereocenters. The van der Waals surface area contributed by atoms with Crippen molar-refractivity contribution in [1.82, 2.24) is 4.90 Å². The lowest BCUT2D eigenvalue weighted by Gasteiger charge is -2.15. The fraction of sp³-hybridized carbons (Fsp3) is 0.364. The van der Waals surface area contributed by atoms with Gasteiger partial charge >= 0.3 is 5.97 Å². The van der Waals surface area contributed by atoms with Crippen molar-refractivity contribution in [2.75, 3.05) is 19.7 Å². The third-order valence-corrected chi connectivity index (χ3v) is 4.83. The molecule has 1 amide bonds. The first-order chi connectivity index (χ1) is 13.0. The molecule has 0 atom stereocenters. The predicted octanol–water partition coefficient (Wildman–Crippen LogP) is 3.66. The molecule has 0 saturated carbocycles. The van der Waals surface area contributed by atoms with Crippen LogP contribution in [0.4, 0.5) is 0 Å². The number of amides is 1. The first kappa shape index (κ1) is 19.0. The molecule has 1 fully saturated rings. The zero-order valence-electron chi connectivity index (χ0n) is 15.9. The largest absolute Gasteiger partial charge is 0.482 e. The summed E-state index contributed by atoms with van der Waals surface area (Å²) >= 11 is 0. The number of nitrogens with zero attached hydrogens (tertiary/aromatic N) is 1. The number of likely N-dealkylation sites (tertiary alicyclic amines) is 1. The monoisotopic (exact) mass is 367 g/mol. The van der Waals surface area contributed by atoms with E-state index >= 15 is 0 Å². The van der Waals surface area contributed by atoms with Gasteiger partial charge < -0.3 is 14.4 Å². The molecular formula is C22H25NO4. The molecular weight excluding hydrogens is 342 g/mol. The first-order valence-corrected chi connectivity index (χ1v) is 9.27. The molecule has 0 N–H and O–H groups in total. The number of esters is 1. The van der Waals surface area contributed by atoms with E-state index in [0.29, 0.717) is 11.3 Å². The number of rotatable bonds is 6. The maximum absolute atomic E-state index is 12.3. The highest BCUT2D eigenvalue weighted by Gasteiger charge is 2.19. The van der Waals surface area contributed by atoms with Gasteiger partial charge in [-0.3, -0.25) is 4.79 Å². The second kappa shape index (κ2) is 8.71. The Morgan fingerprint density at radius 3 is 2.33 bits per heavy atom. The van der Waals surface area contributed by atoms with Gasteiger partial charge in [-0.2, -0.15) is 0 Å². The van der Waals surface area contributed by atoms with Crippen LogP contribution in [0.15, 0.2) is 42.5 Å². The number of ether oxygens (including phenoxy) is 2. The van der Waals surface area contributed by atoms with Crippen LogP contribution in [0.5, 0.6) is 5.75 Å². The SMILES string of the molecule is Cc1ccc(OCC(=O)OCc2ccc(C(=O)N3CCCC3)cc2)cc1C. The molecule has 1 heterocycles. The number of carbonyl (C=O) groups is 2. The summed E-state index contributed by atoms with van der Waals surface area (Å²) in [7, 11) is 0. The summed E-state index contributed by atoms with van der Waals surface area (Å²) in [6, 6.07) is 12.9. The molecule has 142 valence electrons. The van der Waals surface area contributed by atoms with Crippen LogP contribution in [-0.4, -0.2) is 36.5 Å². The maximum atomic E-state index is 12.3. The van der Waals surface area contributed by atoms with Crippen LogP contribution in [-0.2, 0) is 16.1 Å². The van der Waals surface area contributed by atoms with Crippen molar-refractivity contribution in [2.24, 2.45) is 0 Å². The van der Waals surface area contributed by atoms with Gasteiger partial charge in [0.15, 0.2) is 6.61 Å². The molecule has 2 aromatic rings. The van der Waals surface area contributed by atoms with Crippen LogP contribution >= 0.6 is 0 Å². The highest BCUT2D eigenvalue weighted by Crippen LogP contribution is 2.17. The summed E-state index contributed by atoms with van der Waals surface area (Å²) in [5, 5.41) is 0. The molecule has 0 radical (unpaired) electrons. The van der Waals surface area contributed by atoms with Crippen LogP contribution < -0.4 is 4.74 Å². The zero-order valence-corrected chi connectivity index (χ0v) is 15.9. The van der Waals surface area contributed by atoms with Gasteiger partial charge in [-0.05, 0) is 67.6 Å². The molecule has 3 rings (SSSR count). The predicted molar refractivity (Wildman–Crippen MR) is 103 cm³/mol. The van der Waals surface area contributed by atoms with Crippen LogP contribution in [0.3, 0.4) is 0 Å². The second-order valence-electron chi connectivity index (χ2n) is 6.89. The standard InChI is InChI=1S/C22H25NO4/c1-16-5-10-20(13-17(16)2)26-15-21(24)27-14-18-6-8-19(9-7-18)22(25)23-11-3-4-12-23/h5-10,13H,3-4,11-12,14-15H2,1-2H3. The van der Waals surface area contributed by atoms with E-state index in [1.54, 1.807) is 12.1 Å². The molecule has 5 nitrogen and oxygen atoms in total. The first-order valence-electron chi connectivity index (χ1n) is 9.27. The van der Waals surface area contributed by atoms with Crippen molar-refractivity contribution in [3.05, 3.63) is 64.7 Å². The molecule has 1 aliphatic rings. The quantitative estimate of drug-likeness (QED) is 0.731. The number of hydrogen-bond acceptors (Lipinski definition) is 4. The van der Waals surface area contributed by atoms with Gasteiger partial charge in [-0.15, -0.1) is 0 Å². The summed E-state index contributed by atoms with van der Waals surface area (Å²) in [5.74, 6) is 0.295. The molecule has 1 aliphatic heterocycles. The normalized spacial score (nSPS) is 13.5. The molecule has 0 spiro atoms. The molecule has 5 heteroatoms. The molecule has 0 aliphatic carbocycles. The number of benzene rings is 2. The van der Waals surface area contributed by atoms with Crippen LogP contribution in [0.2, 0.25) is 0 Å². The summed E-state index contributed by atoms with van der Waals surface area (Å²) in [4.78, 5) is 26.1. The van der Waals surface area contributed by atoms with E-state index in [-0.39, 0.29) is 19.1 Å². The Balaban J connectivity index is 1.45. The third kappa shape index (κ3) is 5.09. The zero-order chi connectivity index (χ0) is 19.2. The molecule has 1 saturated heterocycles. The van der Waals surface area contributed by atoms with Gasteiger partial charge in [0.25, 0.3) is 5.91 Å². The van der Waals surface area contributed by atoms with Crippen LogP contribution in [0.25, 0.3) is 0 Å². The Bertz CT molecular complexity index is 808. The Hall–Kier alpha value is -2.82. The average Bonchev–Trinajstić information content (AvgIpc) is 3.22. The van der Waals surface area contributed by atoms with Crippen molar-refractivity contribution in [2.45, 2.75) is 33.3 Å². The third-order valence-electron chi connectivity index (χ3n) is 4.83. The van der Waals surface area contributed by atoms with E-state index in [1.165, 1.54) is 5.56 Å². The highest BCUT2D eigenvalue weighted by molar-refractivity contribution is 5.94. The lowest BCUT2D eigenvalue weighted by Crippen LogP contribution is -2.27. The average molecular weight is 367 g/mol. The van der Waals surface area contributed by atoms with Gasteiger partial charge in [-0.1, -0.05) is 18.2 Å². The second-order valence-corrected chi connectivity index (χ2v) is 6.89. The van der Waals surface area contributed by atoms with E-state index in [1.807, 2.05) is 49.1 Å². The molecule has 0 bridgehead atoms. The van der Waals surface area contributed by atoms with Gasteiger partial charge in [-0.25, -0.2) is 4.79 Å². The fourth-order valence-corrected chi connectivity index (χ4v) is 3.00. The van der Waals surface area contributed by atoms with E-state index in [2.05, 4.69) is 0 Å². The minimum atomic E-state index is -0.426. The summed E-state index contributed by atoms with van der Waals surface area (Å²) in [5.41, 5.74) is 3.80. The Morgan fingerprint density at radius 2 is 1.67 bits per heavy atom. The lowest BCUT2D eigenvalue weighted by atomic mass is 10.1. The van der Waals surface area contributed by atoms with Gasteiger partial charge in [0.05, 0.1) is 0 Å². The van der Waals surface area contributed by atoms with E-state index < -0.39 is 5.97 Å². The Morgan fingerprint density at radius 1 is 0.963 bits per heavy atom. The molecule has 2 aromatic carbocycles. The molecule has 27 heavy (non-hydrogen) atoms. The van der Waals surface area contributed by atoms with Crippen molar-refractivity contribution < 1.29 is 19.1 Å². The van der Waals surface area contributed by atoms with Crippen molar-refractivity contribution in [3.8, 4) is 5.75 Å². The van der Waals surface area contributed by atoms with Gasteiger partial charge in [0.2, 0.25) is 0 Å². The highest BCUT2D eigenvalue weighted by atomic mass is 16.6. The van der Waals surface area contributed by atoms with Crippen molar-refractivity contribution >= 4 is 11.9 Å². The van der Waals surface area contributed by atoms with E-state index in [9.17, 15) is 9.59 Å². The maximum Gasteiger partial charge on any atom is 0.344 e. The minimum Gasteiger partial charge on any atom is -0.482 e. The number of hydrogen-bond donors (Lipinski definition) is 0. The van der Waals surface area contributed by atoms with Crippen molar-refractivity contribution in [1.29, 1.82) is 0 Å². The minimum absolute atomic E-state index is 0.0674. The Kier molecular flexibility index (Phi) is 6.12. The van der Waals surface area contributed by atoms with Gasteiger partial charge in [0.1, 0.15) is 12.4 Å². The number of carbonyl (C=O) groups excluding carboxylic acids is 2. The van der Waals surface area contributed by atoms with E-state index in [4.69, 9.17) is 9.47 Å². The summed E-state index contributed by atoms with van der Waals surface area (Å²) in [6.45, 7) is 5.72. The lowest BCUT2D eigenvalue weighted by molar-refractivity contribution is -0.147. The van der Waals surface area contributed by atoms with Crippen LogP contribution in [0.1, 0.15) is 39.9 Å².